The lowest BCUT2D eigenvalue weighted by atomic mass is 10.1. The first kappa shape index (κ1) is 16.7. The summed E-state index contributed by atoms with van der Waals surface area (Å²) in [5.41, 5.74) is 2.51. The third kappa shape index (κ3) is 3.22. The van der Waals surface area contributed by atoms with Crippen LogP contribution < -0.4 is 10.1 Å². The Kier molecular flexibility index (Phi) is 4.25. The van der Waals surface area contributed by atoms with Gasteiger partial charge in [-0.2, -0.15) is 5.10 Å². The summed E-state index contributed by atoms with van der Waals surface area (Å²) in [6, 6.07) is 12.7. The number of ether oxygens (including phenoxy) is 1. The van der Waals surface area contributed by atoms with E-state index in [0.29, 0.717) is 28.5 Å². The molecule has 3 heterocycles. The molecule has 7 nitrogen and oxygen atoms in total. The second-order valence-electron chi connectivity index (χ2n) is 5.96. The first-order valence-corrected chi connectivity index (χ1v) is 8.37. The molecule has 0 aliphatic rings. The van der Waals surface area contributed by atoms with Crippen molar-refractivity contribution in [1.82, 2.24) is 19.7 Å². The van der Waals surface area contributed by atoms with E-state index in [2.05, 4.69) is 20.4 Å². The predicted molar refractivity (Wildman–Crippen MR) is 102 cm³/mol. The second-order valence-corrected chi connectivity index (χ2v) is 5.96. The highest BCUT2D eigenvalue weighted by Crippen LogP contribution is 2.23. The summed E-state index contributed by atoms with van der Waals surface area (Å²) in [5, 5.41) is 7.93. The molecule has 0 aliphatic heterocycles. The van der Waals surface area contributed by atoms with E-state index in [1.54, 1.807) is 48.6 Å². The number of methoxy groups -OCH3 is 1. The van der Waals surface area contributed by atoms with Gasteiger partial charge in [0.05, 0.1) is 29.6 Å². The molecule has 1 amide bonds. The van der Waals surface area contributed by atoms with Crippen molar-refractivity contribution in [3.8, 4) is 11.6 Å². The smallest absolute Gasteiger partial charge is 0.257 e. The minimum Gasteiger partial charge on any atom is -0.497 e. The quantitative estimate of drug-likeness (QED) is 0.604. The molecule has 1 aromatic carbocycles. The fourth-order valence-corrected chi connectivity index (χ4v) is 2.87. The van der Waals surface area contributed by atoms with Crippen molar-refractivity contribution >= 4 is 22.5 Å². The minimum absolute atomic E-state index is 0.258. The minimum atomic E-state index is -0.258. The van der Waals surface area contributed by atoms with Crippen LogP contribution in [0.25, 0.3) is 16.7 Å². The van der Waals surface area contributed by atoms with Gasteiger partial charge in [0.25, 0.3) is 5.91 Å². The second kappa shape index (κ2) is 6.87. The highest BCUT2D eigenvalue weighted by atomic mass is 16.5. The average molecular weight is 359 g/mol. The lowest BCUT2D eigenvalue weighted by molar-refractivity contribution is 0.102. The van der Waals surface area contributed by atoms with Crippen LogP contribution in [0.4, 0.5) is 5.69 Å². The number of carbonyl (C=O) groups is 1. The molecule has 4 aromatic rings. The number of pyridine rings is 2. The van der Waals surface area contributed by atoms with Crippen molar-refractivity contribution in [3.05, 3.63) is 72.3 Å². The van der Waals surface area contributed by atoms with Crippen molar-refractivity contribution < 1.29 is 9.53 Å². The topological polar surface area (TPSA) is 81.9 Å². The van der Waals surface area contributed by atoms with Gasteiger partial charge in [0.2, 0.25) is 0 Å². The Hall–Kier alpha value is -3.74. The van der Waals surface area contributed by atoms with E-state index in [1.165, 1.54) is 0 Å². The van der Waals surface area contributed by atoms with Gasteiger partial charge in [-0.05, 0) is 49.4 Å². The number of aromatic nitrogens is 4. The van der Waals surface area contributed by atoms with Crippen molar-refractivity contribution in [2.75, 3.05) is 12.4 Å². The lowest BCUT2D eigenvalue weighted by Gasteiger charge is -2.12. The van der Waals surface area contributed by atoms with Crippen molar-refractivity contribution in [2.45, 2.75) is 6.92 Å². The highest BCUT2D eigenvalue weighted by Gasteiger charge is 2.15. The number of anilines is 1. The number of rotatable bonds is 4. The van der Waals surface area contributed by atoms with E-state index in [-0.39, 0.29) is 5.91 Å². The van der Waals surface area contributed by atoms with Crippen LogP contribution in [0.5, 0.6) is 5.75 Å². The summed E-state index contributed by atoms with van der Waals surface area (Å²) >= 11 is 0. The molecule has 3 aromatic heterocycles. The number of hydrogen-bond donors (Lipinski definition) is 1. The Morgan fingerprint density at radius 1 is 1.15 bits per heavy atom. The molecule has 1 N–H and O–H groups in total. The van der Waals surface area contributed by atoms with Crippen LogP contribution in [0.2, 0.25) is 0 Å². The number of amides is 1. The van der Waals surface area contributed by atoms with Crippen LogP contribution in [0, 0.1) is 6.92 Å². The number of carbonyl (C=O) groups excluding carboxylic acids is 1. The molecule has 0 radical (unpaired) electrons. The van der Waals surface area contributed by atoms with E-state index in [0.717, 1.165) is 10.9 Å². The lowest BCUT2D eigenvalue weighted by Crippen LogP contribution is -2.16. The van der Waals surface area contributed by atoms with Crippen molar-refractivity contribution in [1.29, 1.82) is 0 Å². The molecule has 27 heavy (non-hydrogen) atoms. The normalized spacial score (nSPS) is 10.7. The van der Waals surface area contributed by atoms with E-state index in [4.69, 9.17) is 4.74 Å². The highest BCUT2D eigenvalue weighted by molar-refractivity contribution is 6.07. The molecule has 134 valence electrons. The van der Waals surface area contributed by atoms with Crippen molar-refractivity contribution in [2.24, 2.45) is 0 Å². The summed E-state index contributed by atoms with van der Waals surface area (Å²) in [6.07, 6.45) is 5.08. The Morgan fingerprint density at radius 3 is 2.81 bits per heavy atom. The fourth-order valence-electron chi connectivity index (χ4n) is 2.87. The van der Waals surface area contributed by atoms with E-state index in [1.807, 2.05) is 31.2 Å². The van der Waals surface area contributed by atoms with Gasteiger partial charge in [-0.25, -0.2) is 9.67 Å². The maximum Gasteiger partial charge on any atom is 0.257 e. The molecular weight excluding hydrogens is 342 g/mol. The van der Waals surface area contributed by atoms with Gasteiger partial charge in [-0.1, -0.05) is 0 Å². The molecular formula is C20H17N5O2. The van der Waals surface area contributed by atoms with Gasteiger partial charge >= 0.3 is 0 Å². The Labute approximate surface area is 155 Å². The van der Waals surface area contributed by atoms with Crippen LogP contribution in [0.3, 0.4) is 0 Å². The summed E-state index contributed by atoms with van der Waals surface area (Å²) in [4.78, 5) is 21.8. The molecule has 0 bridgehead atoms. The number of hydrogen-bond acceptors (Lipinski definition) is 5. The number of aryl methyl sites for hydroxylation is 1. The number of nitrogens with one attached hydrogen (secondary N) is 1. The zero-order valence-electron chi connectivity index (χ0n) is 14.9. The monoisotopic (exact) mass is 359 g/mol. The predicted octanol–water partition coefficient (Wildman–Crippen LogP) is 3.38. The molecule has 7 heteroatoms. The molecule has 0 spiro atoms. The molecule has 0 aliphatic carbocycles. The van der Waals surface area contributed by atoms with Gasteiger partial charge in [0.15, 0.2) is 5.82 Å². The largest absolute Gasteiger partial charge is 0.497 e. The zero-order chi connectivity index (χ0) is 18.8. The van der Waals surface area contributed by atoms with Crippen LogP contribution in [0.15, 0.2) is 61.1 Å². The van der Waals surface area contributed by atoms with Crippen LogP contribution in [0.1, 0.15) is 16.1 Å². The number of nitrogens with zero attached hydrogens (tertiary/aromatic N) is 4. The average Bonchev–Trinajstić information content (AvgIpc) is 3.22. The van der Waals surface area contributed by atoms with Crippen LogP contribution in [-0.2, 0) is 0 Å². The first-order valence-electron chi connectivity index (χ1n) is 8.37. The van der Waals surface area contributed by atoms with Gasteiger partial charge in [0.1, 0.15) is 5.75 Å². The Morgan fingerprint density at radius 2 is 2.04 bits per heavy atom. The number of fused-ring (bicyclic) bond motifs is 1. The van der Waals surface area contributed by atoms with Gasteiger partial charge in [-0.3, -0.25) is 9.78 Å². The van der Waals surface area contributed by atoms with E-state index < -0.39 is 0 Å². The SMILES string of the molecule is COc1ccc2nc(C)c(C(=O)Nc3cccnc3-n3cccn3)cc2c1. The molecule has 0 saturated carbocycles. The van der Waals surface area contributed by atoms with Gasteiger partial charge in [-0.15, -0.1) is 0 Å². The molecule has 0 saturated heterocycles. The maximum absolute atomic E-state index is 12.9. The van der Waals surface area contributed by atoms with Crippen LogP contribution >= 0.6 is 0 Å². The Bertz CT molecular complexity index is 1120. The third-order valence-electron chi connectivity index (χ3n) is 4.21. The van der Waals surface area contributed by atoms with Crippen LogP contribution in [-0.4, -0.2) is 32.8 Å². The fraction of sp³-hybridized carbons (Fsp3) is 0.100. The van der Waals surface area contributed by atoms with E-state index in [9.17, 15) is 4.79 Å². The molecule has 4 rings (SSSR count). The third-order valence-corrected chi connectivity index (χ3v) is 4.21. The zero-order valence-corrected chi connectivity index (χ0v) is 14.9. The molecule has 0 fully saturated rings. The maximum atomic E-state index is 12.9. The molecule has 0 unspecified atom stereocenters. The summed E-state index contributed by atoms with van der Waals surface area (Å²) in [6.45, 7) is 1.82. The summed E-state index contributed by atoms with van der Waals surface area (Å²) in [5.74, 6) is 1.00. The Balaban J connectivity index is 1.71. The first-order chi connectivity index (χ1) is 13.2. The summed E-state index contributed by atoms with van der Waals surface area (Å²) < 4.78 is 6.86. The van der Waals surface area contributed by atoms with E-state index >= 15 is 0 Å². The summed E-state index contributed by atoms with van der Waals surface area (Å²) in [7, 11) is 1.61. The van der Waals surface area contributed by atoms with Gasteiger partial charge in [0, 0.05) is 24.0 Å². The van der Waals surface area contributed by atoms with Gasteiger partial charge < -0.3 is 10.1 Å². The molecule has 0 atom stereocenters. The van der Waals surface area contributed by atoms with Crippen molar-refractivity contribution in [3.63, 3.8) is 0 Å². The standard InChI is InChI=1S/C20H17N5O2/c1-13-16(12-14-11-15(27-2)6-7-17(14)23-13)20(26)24-18-5-3-8-21-19(18)25-10-4-9-22-25/h3-12H,1-2H3,(H,24,26). The number of benzene rings is 1.